The van der Waals surface area contributed by atoms with Gasteiger partial charge in [0.15, 0.2) is 5.65 Å². The molecule has 0 radical (unpaired) electrons. The first-order valence-corrected chi connectivity index (χ1v) is 7.93. The second-order valence-electron chi connectivity index (χ2n) is 6.03. The Hall–Kier alpha value is -2.61. The summed E-state index contributed by atoms with van der Waals surface area (Å²) in [6.07, 6.45) is 5.53. The third-order valence-corrected chi connectivity index (χ3v) is 4.27. The average molecular weight is 325 g/mol. The minimum absolute atomic E-state index is 0.0300. The van der Waals surface area contributed by atoms with Crippen molar-refractivity contribution in [3.8, 4) is 0 Å². The molecule has 3 aromatic heterocycles. The number of anilines is 1. The summed E-state index contributed by atoms with van der Waals surface area (Å²) in [5.41, 5.74) is 4.21. The number of ether oxygens (including phenoxy) is 1. The van der Waals surface area contributed by atoms with Crippen LogP contribution in [0.25, 0.3) is 11.2 Å². The first-order chi connectivity index (χ1) is 11.6. The van der Waals surface area contributed by atoms with E-state index < -0.39 is 0 Å². The standard InChI is InChI=1S/C16H19N7O/c1-10-11(2)20-15-13(19-10)7-17-16(21-15)23-4-5-24-14(9-23)12-6-18-22(3)8-12/h6-8,14H,4-5,9H2,1-3H3. The Morgan fingerprint density at radius 1 is 1.12 bits per heavy atom. The van der Waals surface area contributed by atoms with E-state index in [-0.39, 0.29) is 6.10 Å². The highest BCUT2D eigenvalue weighted by Crippen LogP contribution is 2.24. The molecule has 1 atom stereocenters. The molecule has 8 heteroatoms. The second kappa shape index (κ2) is 5.79. The van der Waals surface area contributed by atoms with Gasteiger partial charge in [-0.15, -0.1) is 0 Å². The van der Waals surface area contributed by atoms with Gasteiger partial charge in [0.1, 0.15) is 11.6 Å². The van der Waals surface area contributed by atoms with Crippen molar-refractivity contribution in [3.05, 3.63) is 35.5 Å². The number of aryl methyl sites for hydroxylation is 3. The minimum atomic E-state index is -0.0300. The monoisotopic (exact) mass is 325 g/mol. The molecule has 124 valence electrons. The van der Waals surface area contributed by atoms with Crippen LogP contribution in [0.5, 0.6) is 0 Å². The van der Waals surface area contributed by atoms with E-state index in [4.69, 9.17) is 4.74 Å². The maximum Gasteiger partial charge on any atom is 0.227 e. The van der Waals surface area contributed by atoms with Gasteiger partial charge in [0.2, 0.25) is 5.95 Å². The lowest BCUT2D eigenvalue weighted by Crippen LogP contribution is -2.39. The minimum Gasteiger partial charge on any atom is -0.370 e. The Balaban J connectivity index is 1.62. The molecule has 0 spiro atoms. The molecule has 4 rings (SSSR count). The predicted molar refractivity (Wildman–Crippen MR) is 88.7 cm³/mol. The molecule has 1 aliphatic rings. The van der Waals surface area contributed by atoms with Crippen LogP contribution in [-0.2, 0) is 11.8 Å². The van der Waals surface area contributed by atoms with E-state index in [1.165, 1.54) is 0 Å². The maximum absolute atomic E-state index is 5.87. The fraction of sp³-hybridized carbons (Fsp3) is 0.438. The number of rotatable bonds is 2. The van der Waals surface area contributed by atoms with E-state index in [1.807, 2.05) is 33.3 Å². The summed E-state index contributed by atoms with van der Waals surface area (Å²) < 4.78 is 7.66. The Morgan fingerprint density at radius 3 is 2.75 bits per heavy atom. The van der Waals surface area contributed by atoms with Gasteiger partial charge < -0.3 is 9.64 Å². The van der Waals surface area contributed by atoms with Crippen LogP contribution in [0.4, 0.5) is 5.95 Å². The van der Waals surface area contributed by atoms with Crippen molar-refractivity contribution in [2.75, 3.05) is 24.6 Å². The summed E-state index contributed by atoms with van der Waals surface area (Å²) in [4.78, 5) is 20.2. The lowest BCUT2D eigenvalue weighted by atomic mass is 10.1. The molecule has 1 saturated heterocycles. The van der Waals surface area contributed by atoms with Gasteiger partial charge in [0, 0.05) is 25.4 Å². The SMILES string of the molecule is Cc1nc2cnc(N3CCOC(c4cnn(C)c4)C3)nc2nc1C. The zero-order chi connectivity index (χ0) is 16.7. The van der Waals surface area contributed by atoms with Crippen molar-refractivity contribution < 1.29 is 4.74 Å². The first kappa shape index (κ1) is 14.9. The van der Waals surface area contributed by atoms with Gasteiger partial charge in [-0.05, 0) is 13.8 Å². The molecule has 1 fully saturated rings. The molecule has 0 aromatic carbocycles. The molecule has 24 heavy (non-hydrogen) atoms. The van der Waals surface area contributed by atoms with Crippen LogP contribution in [0.3, 0.4) is 0 Å². The molecule has 0 aliphatic carbocycles. The fourth-order valence-electron chi connectivity index (χ4n) is 2.81. The van der Waals surface area contributed by atoms with E-state index in [1.54, 1.807) is 10.9 Å². The molecule has 8 nitrogen and oxygen atoms in total. The molecule has 0 saturated carbocycles. The van der Waals surface area contributed by atoms with Crippen molar-refractivity contribution in [3.63, 3.8) is 0 Å². The zero-order valence-corrected chi connectivity index (χ0v) is 14.0. The Bertz CT molecular complexity index is 891. The number of aromatic nitrogens is 6. The van der Waals surface area contributed by atoms with E-state index in [2.05, 4.69) is 29.9 Å². The normalized spacial score (nSPS) is 18.3. The van der Waals surface area contributed by atoms with Crippen molar-refractivity contribution in [1.29, 1.82) is 0 Å². The van der Waals surface area contributed by atoms with Crippen LogP contribution in [0, 0.1) is 13.8 Å². The van der Waals surface area contributed by atoms with Gasteiger partial charge in [-0.25, -0.2) is 15.0 Å². The van der Waals surface area contributed by atoms with Crippen molar-refractivity contribution >= 4 is 17.1 Å². The lowest BCUT2D eigenvalue weighted by molar-refractivity contribution is 0.0392. The third-order valence-electron chi connectivity index (χ3n) is 4.27. The highest BCUT2D eigenvalue weighted by molar-refractivity contribution is 5.70. The number of hydrogen-bond acceptors (Lipinski definition) is 7. The number of fused-ring (bicyclic) bond motifs is 1. The largest absolute Gasteiger partial charge is 0.370 e. The Morgan fingerprint density at radius 2 is 1.96 bits per heavy atom. The van der Waals surface area contributed by atoms with Crippen LogP contribution in [-0.4, -0.2) is 49.4 Å². The molecule has 0 amide bonds. The number of nitrogens with zero attached hydrogens (tertiary/aromatic N) is 7. The van der Waals surface area contributed by atoms with Gasteiger partial charge >= 0.3 is 0 Å². The van der Waals surface area contributed by atoms with Crippen LogP contribution >= 0.6 is 0 Å². The van der Waals surface area contributed by atoms with Gasteiger partial charge in [-0.3, -0.25) is 4.68 Å². The molecule has 1 unspecified atom stereocenters. The summed E-state index contributed by atoms with van der Waals surface area (Å²) in [5.74, 6) is 0.664. The Kier molecular flexibility index (Phi) is 3.61. The zero-order valence-electron chi connectivity index (χ0n) is 14.0. The third kappa shape index (κ3) is 2.69. The molecule has 0 bridgehead atoms. The van der Waals surface area contributed by atoms with Crippen LogP contribution < -0.4 is 4.90 Å². The first-order valence-electron chi connectivity index (χ1n) is 7.93. The second-order valence-corrected chi connectivity index (χ2v) is 6.03. The van der Waals surface area contributed by atoms with E-state index in [0.717, 1.165) is 29.0 Å². The highest BCUT2D eigenvalue weighted by Gasteiger charge is 2.25. The maximum atomic E-state index is 5.87. The van der Waals surface area contributed by atoms with Gasteiger partial charge in [-0.2, -0.15) is 10.1 Å². The molecule has 1 aliphatic heterocycles. The Labute approximate surface area is 139 Å². The highest BCUT2D eigenvalue weighted by atomic mass is 16.5. The van der Waals surface area contributed by atoms with Crippen molar-refractivity contribution in [2.24, 2.45) is 7.05 Å². The van der Waals surface area contributed by atoms with Crippen LogP contribution in [0.2, 0.25) is 0 Å². The summed E-state index contributed by atoms with van der Waals surface area (Å²) in [5, 5.41) is 4.22. The molecular weight excluding hydrogens is 306 g/mol. The molecule has 3 aromatic rings. The average Bonchev–Trinajstić information content (AvgIpc) is 3.02. The quantitative estimate of drug-likeness (QED) is 0.703. The van der Waals surface area contributed by atoms with E-state index >= 15 is 0 Å². The van der Waals surface area contributed by atoms with Crippen LogP contribution in [0.1, 0.15) is 23.1 Å². The lowest BCUT2D eigenvalue weighted by Gasteiger charge is -2.32. The molecular formula is C16H19N7O. The summed E-state index contributed by atoms with van der Waals surface area (Å²) >= 11 is 0. The molecule has 0 N–H and O–H groups in total. The number of hydrogen-bond donors (Lipinski definition) is 0. The van der Waals surface area contributed by atoms with E-state index in [0.29, 0.717) is 24.7 Å². The summed E-state index contributed by atoms with van der Waals surface area (Å²) in [7, 11) is 1.90. The van der Waals surface area contributed by atoms with Crippen molar-refractivity contribution in [2.45, 2.75) is 20.0 Å². The topological polar surface area (TPSA) is 81.9 Å². The fourth-order valence-corrected chi connectivity index (χ4v) is 2.81. The smallest absolute Gasteiger partial charge is 0.227 e. The number of morpholine rings is 1. The van der Waals surface area contributed by atoms with Crippen LogP contribution in [0.15, 0.2) is 18.6 Å². The summed E-state index contributed by atoms with van der Waals surface area (Å²) in [6, 6.07) is 0. The van der Waals surface area contributed by atoms with Gasteiger partial charge in [0.05, 0.1) is 36.9 Å². The molecule has 4 heterocycles. The van der Waals surface area contributed by atoms with Gasteiger partial charge in [0.25, 0.3) is 0 Å². The predicted octanol–water partition coefficient (Wildman–Crippen LogP) is 1.35. The van der Waals surface area contributed by atoms with E-state index in [9.17, 15) is 0 Å². The van der Waals surface area contributed by atoms with Gasteiger partial charge in [-0.1, -0.05) is 0 Å². The summed E-state index contributed by atoms with van der Waals surface area (Å²) in [6.45, 7) is 5.95. The van der Waals surface area contributed by atoms with Crippen molar-refractivity contribution in [1.82, 2.24) is 29.7 Å².